The van der Waals surface area contributed by atoms with Crippen molar-refractivity contribution >= 4 is 0 Å². The molecule has 66 valence electrons. The van der Waals surface area contributed by atoms with Gasteiger partial charge in [0.1, 0.15) is 0 Å². The van der Waals surface area contributed by atoms with Crippen LogP contribution in [0.1, 0.15) is 12.0 Å². The Bertz CT molecular complexity index is 305. The molecule has 4 heteroatoms. The minimum atomic E-state index is -0.200. The SMILES string of the molecule is Cc1cnc(=O)n(CCCN)c1. The van der Waals surface area contributed by atoms with E-state index < -0.39 is 0 Å². The minimum Gasteiger partial charge on any atom is -0.330 e. The molecule has 0 fully saturated rings. The van der Waals surface area contributed by atoms with Gasteiger partial charge in [-0.05, 0) is 25.5 Å². The van der Waals surface area contributed by atoms with Gasteiger partial charge in [-0.25, -0.2) is 9.78 Å². The van der Waals surface area contributed by atoms with E-state index in [9.17, 15) is 4.79 Å². The van der Waals surface area contributed by atoms with Gasteiger partial charge in [-0.1, -0.05) is 0 Å². The molecule has 0 amide bonds. The lowest BCUT2D eigenvalue weighted by Gasteiger charge is -2.03. The van der Waals surface area contributed by atoms with E-state index in [0.29, 0.717) is 13.1 Å². The maximum atomic E-state index is 11.1. The highest BCUT2D eigenvalue weighted by molar-refractivity contribution is 4.99. The standard InChI is InChI=1S/C8H13N3O/c1-7-5-10-8(12)11(6-7)4-2-3-9/h5-6H,2-4,9H2,1H3. The summed E-state index contributed by atoms with van der Waals surface area (Å²) in [5, 5.41) is 0. The number of nitrogens with zero attached hydrogens (tertiary/aromatic N) is 2. The van der Waals surface area contributed by atoms with Gasteiger partial charge >= 0.3 is 5.69 Å². The summed E-state index contributed by atoms with van der Waals surface area (Å²) in [7, 11) is 0. The van der Waals surface area contributed by atoms with Crippen LogP contribution in [0, 0.1) is 6.92 Å². The molecule has 1 heterocycles. The van der Waals surface area contributed by atoms with Crippen molar-refractivity contribution in [2.45, 2.75) is 19.9 Å². The smallest absolute Gasteiger partial charge is 0.330 e. The highest BCUT2D eigenvalue weighted by Gasteiger charge is 1.95. The molecule has 0 unspecified atom stereocenters. The zero-order valence-electron chi connectivity index (χ0n) is 7.16. The molecule has 1 aromatic heterocycles. The molecule has 0 saturated carbocycles. The molecule has 4 nitrogen and oxygen atoms in total. The van der Waals surface area contributed by atoms with Crippen LogP contribution in [-0.4, -0.2) is 16.1 Å². The van der Waals surface area contributed by atoms with Crippen molar-refractivity contribution in [2.75, 3.05) is 6.54 Å². The van der Waals surface area contributed by atoms with Crippen molar-refractivity contribution in [1.29, 1.82) is 0 Å². The molecule has 2 N–H and O–H groups in total. The number of nitrogens with two attached hydrogens (primary N) is 1. The summed E-state index contributed by atoms with van der Waals surface area (Å²) in [4.78, 5) is 14.8. The van der Waals surface area contributed by atoms with Crippen molar-refractivity contribution in [1.82, 2.24) is 9.55 Å². The summed E-state index contributed by atoms with van der Waals surface area (Å²) in [6.45, 7) is 3.16. The Morgan fingerprint density at radius 2 is 2.42 bits per heavy atom. The summed E-state index contributed by atoms with van der Waals surface area (Å²) in [5.74, 6) is 0. The van der Waals surface area contributed by atoms with Crippen LogP contribution in [0.25, 0.3) is 0 Å². The number of aryl methyl sites for hydroxylation is 2. The lowest BCUT2D eigenvalue weighted by molar-refractivity contribution is 0.611. The highest BCUT2D eigenvalue weighted by Crippen LogP contribution is 1.90. The first-order chi connectivity index (χ1) is 5.74. The van der Waals surface area contributed by atoms with Crippen molar-refractivity contribution in [3.05, 3.63) is 28.4 Å². The van der Waals surface area contributed by atoms with Crippen molar-refractivity contribution in [3.63, 3.8) is 0 Å². The predicted molar refractivity (Wildman–Crippen MR) is 46.9 cm³/mol. The molecule has 0 aromatic carbocycles. The third-order valence-corrected chi connectivity index (χ3v) is 1.59. The summed E-state index contributed by atoms with van der Waals surface area (Å²) >= 11 is 0. The number of hydrogen-bond donors (Lipinski definition) is 1. The quantitative estimate of drug-likeness (QED) is 0.683. The van der Waals surface area contributed by atoms with Crippen molar-refractivity contribution in [2.24, 2.45) is 5.73 Å². The third-order valence-electron chi connectivity index (χ3n) is 1.59. The van der Waals surface area contributed by atoms with E-state index in [1.165, 1.54) is 0 Å². The number of hydrogen-bond acceptors (Lipinski definition) is 3. The molecule has 0 spiro atoms. The second-order valence-electron chi connectivity index (χ2n) is 2.75. The normalized spacial score (nSPS) is 10.2. The largest absolute Gasteiger partial charge is 0.347 e. The molecule has 0 bridgehead atoms. The fourth-order valence-corrected chi connectivity index (χ4v) is 0.987. The minimum absolute atomic E-state index is 0.200. The van der Waals surface area contributed by atoms with Gasteiger partial charge in [0.15, 0.2) is 0 Å². The lowest BCUT2D eigenvalue weighted by atomic mass is 10.4. The van der Waals surface area contributed by atoms with Crippen LogP contribution in [0.2, 0.25) is 0 Å². The second-order valence-corrected chi connectivity index (χ2v) is 2.75. The summed E-state index contributed by atoms with van der Waals surface area (Å²) < 4.78 is 1.59. The first kappa shape index (κ1) is 8.93. The fourth-order valence-electron chi connectivity index (χ4n) is 0.987. The van der Waals surface area contributed by atoms with Gasteiger partial charge < -0.3 is 5.73 Å². The van der Waals surface area contributed by atoms with Crippen LogP contribution in [0.3, 0.4) is 0 Å². The van der Waals surface area contributed by atoms with E-state index in [1.807, 2.05) is 6.92 Å². The van der Waals surface area contributed by atoms with Crippen LogP contribution in [0.15, 0.2) is 17.2 Å². The summed E-state index contributed by atoms with van der Waals surface area (Å²) in [5.41, 5.74) is 6.12. The Balaban J connectivity index is 2.83. The molecular weight excluding hydrogens is 154 g/mol. The maximum Gasteiger partial charge on any atom is 0.347 e. The topological polar surface area (TPSA) is 60.9 Å². The van der Waals surface area contributed by atoms with E-state index in [-0.39, 0.29) is 5.69 Å². The molecule has 12 heavy (non-hydrogen) atoms. The van der Waals surface area contributed by atoms with E-state index >= 15 is 0 Å². The summed E-state index contributed by atoms with van der Waals surface area (Å²) in [6, 6.07) is 0. The average Bonchev–Trinajstić information content (AvgIpc) is 2.07. The van der Waals surface area contributed by atoms with E-state index in [4.69, 9.17) is 5.73 Å². The van der Waals surface area contributed by atoms with Gasteiger partial charge in [0.25, 0.3) is 0 Å². The van der Waals surface area contributed by atoms with Crippen LogP contribution in [0.5, 0.6) is 0 Å². The Morgan fingerprint density at radius 1 is 1.67 bits per heavy atom. The van der Waals surface area contributed by atoms with Crippen LogP contribution in [0.4, 0.5) is 0 Å². The summed E-state index contributed by atoms with van der Waals surface area (Å²) in [6.07, 6.45) is 4.18. The van der Waals surface area contributed by atoms with Crippen LogP contribution < -0.4 is 11.4 Å². The zero-order chi connectivity index (χ0) is 8.97. The molecule has 0 radical (unpaired) electrons. The molecule has 1 rings (SSSR count). The second kappa shape index (κ2) is 4.01. The van der Waals surface area contributed by atoms with Crippen molar-refractivity contribution < 1.29 is 0 Å². The van der Waals surface area contributed by atoms with Gasteiger partial charge in [0, 0.05) is 18.9 Å². The van der Waals surface area contributed by atoms with Crippen LogP contribution in [-0.2, 0) is 6.54 Å². The van der Waals surface area contributed by atoms with E-state index in [0.717, 1.165) is 12.0 Å². The van der Waals surface area contributed by atoms with Gasteiger partial charge in [-0.2, -0.15) is 0 Å². The zero-order valence-corrected chi connectivity index (χ0v) is 7.16. The molecule has 0 atom stereocenters. The van der Waals surface area contributed by atoms with Gasteiger partial charge in [0.2, 0.25) is 0 Å². The molecule has 0 aliphatic rings. The Hall–Kier alpha value is -1.16. The first-order valence-corrected chi connectivity index (χ1v) is 3.97. The van der Waals surface area contributed by atoms with Gasteiger partial charge in [0.05, 0.1) is 0 Å². The molecular formula is C8H13N3O. The monoisotopic (exact) mass is 167 g/mol. The van der Waals surface area contributed by atoms with Gasteiger partial charge in [-0.15, -0.1) is 0 Å². The average molecular weight is 167 g/mol. The lowest BCUT2D eigenvalue weighted by Crippen LogP contribution is -2.23. The molecule has 0 aliphatic carbocycles. The fraction of sp³-hybridized carbons (Fsp3) is 0.500. The van der Waals surface area contributed by atoms with E-state index in [1.54, 1.807) is 17.0 Å². The highest BCUT2D eigenvalue weighted by atomic mass is 16.1. The molecule has 1 aromatic rings. The molecule has 0 aliphatic heterocycles. The third kappa shape index (κ3) is 2.17. The van der Waals surface area contributed by atoms with Gasteiger partial charge in [-0.3, -0.25) is 4.57 Å². The van der Waals surface area contributed by atoms with Crippen LogP contribution >= 0.6 is 0 Å². The number of aromatic nitrogens is 2. The molecule has 0 saturated heterocycles. The van der Waals surface area contributed by atoms with Crippen molar-refractivity contribution in [3.8, 4) is 0 Å². The Labute approximate surface area is 71.0 Å². The Kier molecular flexibility index (Phi) is 2.99. The Morgan fingerprint density at radius 3 is 3.08 bits per heavy atom. The predicted octanol–water partition coefficient (Wildman–Crippen LogP) is -0.0995. The first-order valence-electron chi connectivity index (χ1n) is 3.97. The number of rotatable bonds is 3. The maximum absolute atomic E-state index is 11.1. The van der Waals surface area contributed by atoms with E-state index in [2.05, 4.69) is 4.98 Å².